The van der Waals surface area contributed by atoms with Gasteiger partial charge in [-0.3, -0.25) is 4.79 Å². The summed E-state index contributed by atoms with van der Waals surface area (Å²) in [4.78, 5) is 10.8. The molecule has 0 unspecified atom stereocenters. The van der Waals surface area contributed by atoms with Crippen molar-refractivity contribution in [2.24, 2.45) is 0 Å². The van der Waals surface area contributed by atoms with Gasteiger partial charge in [-0.25, -0.2) is 0 Å². The van der Waals surface area contributed by atoms with Gasteiger partial charge in [-0.15, -0.1) is 5.10 Å². The highest BCUT2D eigenvalue weighted by Crippen LogP contribution is 2.24. The number of Topliss-reactive ketones (excluding diaryl/α,β-unsaturated/α-hetero) is 1. The molecule has 1 aromatic rings. The molecule has 1 aliphatic heterocycles. The largest absolute Gasteiger partial charge is 0.381 e. The van der Waals surface area contributed by atoms with E-state index < -0.39 is 0 Å². The van der Waals surface area contributed by atoms with E-state index in [1.54, 1.807) is 0 Å². The first-order valence-corrected chi connectivity index (χ1v) is 5.90. The number of carbonyl (C=O) groups is 1. The Balaban J connectivity index is 1.94. The summed E-state index contributed by atoms with van der Waals surface area (Å²) in [5, 5.41) is 11.2. The second kappa shape index (κ2) is 5.72. The van der Waals surface area contributed by atoms with E-state index >= 15 is 0 Å². The molecule has 5 heteroatoms. The molecule has 0 spiro atoms. The van der Waals surface area contributed by atoms with Gasteiger partial charge >= 0.3 is 0 Å². The molecule has 1 aromatic heterocycles. The Morgan fingerprint density at radius 2 is 2.18 bits per heavy atom. The van der Waals surface area contributed by atoms with Crippen molar-refractivity contribution in [2.75, 3.05) is 25.1 Å². The maximum absolute atomic E-state index is 10.8. The minimum absolute atomic E-state index is 0.0836. The summed E-state index contributed by atoms with van der Waals surface area (Å²) < 4.78 is 5.31. The molecule has 1 aliphatic rings. The summed E-state index contributed by atoms with van der Waals surface area (Å²) in [6, 6.07) is 3.85. The monoisotopic (exact) mass is 235 g/mol. The summed E-state index contributed by atoms with van der Waals surface area (Å²) in [5.74, 6) is 1.19. The predicted octanol–water partition coefficient (Wildman–Crippen LogP) is 1.37. The van der Waals surface area contributed by atoms with Crippen LogP contribution in [0.1, 0.15) is 31.4 Å². The zero-order valence-corrected chi connectivity index (χ0v) is 9.98. The third-order valence-electron chi connectivity index (χ3n) is 2.84. The lowest BCUT2D eigenvalue weighted by atomic mass is 9.96. The fourth-order valence-corrected chi connectivity index (χ4v) is 1.86. The summed E-state index contributed by atoms with van der Waals surface area (Å²) in [6.07, 6.45) is 2.02. The minimum atomic E-state index is 0.0836. The van der Waals surface area contributed by atoms with E-state index in [2.05, 4.69) is 15.5 Å². The van der Waals surface area contributed by atoms with Crippen molar-refractivity contribution in [1.82, 2.24) is 10.2 Å². The molecule has 0 saturated carbocycles. The average Bonchev–Trinajstić information content (AvgIpc) is 2.38. The van der Waals surface area contributed by atoms with Crippen LogP contribution in [-0.4, -0.2) is 35.7 Å². The van der Waals surface area contributed by atoms with Crippen LogP contribution in [0.5, 0.6) is 0 Å². The molecule has 2 rings (SSSR count). The van der Waals surface area contributed by atoms with Gasteiger partial charge in [0.15, 0.2) is 0 Å². The maximum Gasteiger partial charge on any atom is 0.149 e. The molecule has 0 aliphatic carbocycles. The van der Waals surface area contributed by atoms with Crippen molar-refractivity contribution in [3.63, 3.8) is 0 Å². The topological polar surface area (TPSA) is 64.1 Å². The summed E-state index contributed by atoms with van der Waals surface area (Å²) in [5.41, 5.74) is 1.02. The molecule has 5 nitrogen and oxygen atoms in total. The molecule has 17 heavy (non-hydrogen) atoms. The molecule has 1 saturated heterocycles. The van der Waals surface area contributed by atoms with E-state index in [9.17, 15) is 4.79 Å². The van der Waals surface area contributed by atoms with Crippen molar-refractivity contribution in [3.8, 4) is 0 Å². The number of hydrogen-bond acceptors (Lipinski definition) is 5. The van der Waals surface area contributed by atoms with Crippen LogP contribution < -0.4 is 5.32 Å². The van der Waals surface area contributed by atoms with Crippen LogP contribution in [0.4, 0.5) is 5.82 Å². The van der Waals surface area contributed by atoms with Gasteiger partial charge in [0.05, 0.1) is 12.2 Å². The molecule has 2 heterocycles. The molecule has 0 bridgehead atoms. The van der Waals surface area contributed by atoms with Gasteiger partial charge in [-0.1, -0.05) is 0 Å². The number of anilines is 1. The van der Waals surface area contributed by atoms with Crippen LogP contribution >= 0.6 is 0 Å². The van der Waals surface area contributed by atoms with Gasteiger partial charge in [0, 0.05) is 19.1 Å². The average molecular weight is 235 g/mol. The Morgan fingerprint density at radius 1 is 1.41 bits per heavy atom. The smallest absolute Gasteiger partial charge is 0.149 e. The van der Waals surface area contributed by atoms with Crippen LogP contribution in [0.3, 0.4) is 0 Å². The lowest BCUT2D eigenvalue weighted by Gasteiger charge is -2.20. The van der Waals surface area contributed by atoms with Crippen molar-refractivity contribution < 1.29 is 9.53 Å². The second-order valence-corrected chi connectivity index (χ2v) is 4.29. The van der Waals surface area contributed by atoms with E-state index in [0.717, 1.165) is 31.7 Å². The Bertz CT molecular complexity index is 372. The molecular formula is C12H17N3O2. The Hall–Kier alpha value is -1.49. The Labute approximate surface area is 101 Å². The van der Waals surface area contributed by atoms with Gasteiger partial charge in [0.25, 0.3) is 0 Å². The van der Waals surface area contributed by atoms with Crippen LogP contribution in [0.25, 0.3) is 0 Å². The molecule has 0 aromatic carbocycles. The Morgan fingerprint density at radius 3 is 2.76 bits per heavy atom. The number of rotatable bonds is 4. The van der Waals surface area contributed by atoms with Gasteiger partial charge in [-0.2, -0.15) is 5.10 Å². The SMILES string of the molecule is CC(=O)CNc1ccc(C2CCOCC2)nn1. The quantitative estimate of drug-likeness (QED) is 0.854. The molecule has 1 N–H and O–H groups in total. The first-order valence-electron chi connectivity index (χ1n) is 5.90. The van der Waals surface area contributed by atoms with Gasteiger partial charge in [0.1, 0.15) is 11.6 Å². The normalized spacial score (nSPS) is 16.8. The van der Waals surface area contributed by atoms with Crippen molar-refractivity contribution in [1.29, 1.82) is 0 Å². The number of nitrogens with one attached hydrogen (secondary N) is 1. The minimum Gasteiger partial charge on any atom is -0.381 e. The van der Waals surface area contributed by atoms with E-state index in [-0.39, 0.29) is 5.78 Å². The Kier molecular flexibility index (Phi) is 4.03. The zero-order chi connectivity index (χ0) is 12.1. The van der Waals surface area contributed by atoms with Gasteiger partial charge in [0.2, 0.25) is 0 Å². The first kappa shape index (κ1) is 12.0. The molecule has 0 radical (unpaired) electrons. The molecular weight excluding hydrogens is 218 g/mol. The van der Waals surface area contributed by atoms with E-state index in [0.29, 0.717) is 18.3 Å². The molecule has 1 fully saturated rings. The van der Waals surface area contributed by atoms with Crippen LogP contribution in [0.15, 0.2) is 12.1 Å². The van der Waals surface area contributed by atoms with Crippen molar-refractivity contribution >= 4 is 11.6 Å². The van der Waals surface area contributed by atoms with Crippen LogP contribution in [0, 0.1) is 0 Å². The number of ketones is 1. The van der Waals surface area contributed by atoms with Crippen LogP contribution in [0.2, 0.25) is 0 Å². The third-order valence-corrected chi connectivity index (χ3v) is 2.84. The summed E-state index contributed by atoms with van der Waals surface area (Å²) in [7, 11) is 0. The standard InChI is InChI=1S/C12H17N3O2/c1-9(16)8-13-12-3-2-11(14-15-12)10-4-6-17-7-5-10/h2-3,10H,4-8H2,1H3,(H,13,15). The van der Waals surface area contributed by atoms with E-state index in [1.807, 2.05) is 12.1 Å². The number of hydrogen-bond donors (Lipinski definition) is 1. The lowest BCUT2D eigenvalue weighted by molar-refractivity contribution is -0.115. The molecule has 92 valence electrons. The fourth-order valence-electron chi connectivity index (χ4n) is 1.86. The summed E-state index contributed by atoms with van der Waals surface area (Å²) >= 11 is 0. The summed E-state index contributed by atoms with van der Waals surface area (Å²) in [6.45, 7) is 3.44. The number of ether oxygens (including phenoxy) is 1. The third kappa shape index (κ3) is 3.49. The van der Waals surface area contributed by atoms with Gasteiger partial charge < -0.3 is 10.1 Å². The number of carbonyl (C=O) groups excluding carboxylic acids is 1. The lowest BCUT2D eigenvalue weighted by Crippen LogP contribution is -2.16. The fraction of sp³-hybridized carbons (Fsp3) is 0.583. The predicted molar refractivity (Wildman–Crippen MR) is 64.0 cm³/mol. The van der Waals surface area contributed by atoms with Crippen molar-refractivity contribution in [3.05, 3.63) is 17.8 Å². The molecule has 0 atom stereocenters. The number of nitrogens with zero attached hydrogens (tertiary/aromatic N) is 2. The van der Waals surface area contributed by atoms with Gasteiger partial charge in [-0.05, 0) is 31.9 Å². The second-order valence-electron chi connectivity index (χ2n) is 4.29. The van der Waals surface area contributed by atoms with Crippen molar-refractivity contribution in [2.45, 2.75) is 25.7 Å². The molecule has 0 amide bonds. The number of aromatic nitrogens is 2. The zero-order valence-electron chi connectivity index (χ0n) is 9.98. The maximum atomic E-state index is 10.8. The first-order chi connectivity index (χ1) is 8.25. The van der Waals surface area contributed by atoms with E-state index in [4.69, 9.17) is 4.74 Å². The highest BCUT2D eigenvalue weighted by Gasteiger charge is 2.17. The van der Waals surface area contributed by atoms with Crippen LogP contribution in [-0.2, 0) is 9.53 Å². The highest BCUT2D eigenvalue weighted by atomic mass is 16.5. The van der Waals surface area contributed by atoms with E-state index in [1.165, 1.54) is 6.92 Å². The highest BCUT2D eigenvalue weighted by molar-refractivity contribution is 5.79.